The van der Waals surface area contributed by atoms with Crippen molar-refractivity contribution in [3.63, 3.8) is 0 Å². The molecule has 0 unspecified atom stereocenters. The van der Waals surface area contributed by atoms with Crippen LogP contribution in [0.25, 0.3) is 0 Å². The summed E-state index contributed by atoms with van der Waals surface area (Å²) in [6.45, 7) is 7.22. The third kappa shape index (κ3) is 3.96. The molecule has 2 rings (SSSR count). The number of hydrogen-bond acceptors (Lipinski definition) is 3. The zero-order valence-electron chi connectivity index (χ0n) is 12.1. The molecule has 0 N–H and O–H groups in total. The van der Waals surface area contributed by atoms with Gasteiger partial charge in [-0.2, -0.15) is 0 Å². The maximum atomic E-state index is 12.3. The normalized spacial score (nSPS) is 19.8. The molecule has 110 valence electrons. The molecular weight excluding hydrogens is 322 g/mol. The molecule has 0 radical (unpaired) electrons. The fraction of sp³-hybridized carbons (Fsp3) is 0.533. The van der Waals surface area contributed by atoms with Gasteiger partial charge in [0.15, 0.2) is 0 Å². The van der Waals surface area contributed by atoms with Gasteiger partial charge in [0.1, 0.15) is 5.60 Å². The van der Waals surface area contributed by atoms with Gasteiger partial charge in [0.2, 0.25) is 0 Å². The Morgan fingerprint density at radius 3 is 2.60 bits per heavy atom. The Morgan fingerprint density at radius 1 is 1.35 bits per heavy atom. The number of ether oxygens (including phenoxy) is 2. The second kappa shape index (κ2) is 6.14. The van der Waals surface area contributed by atoms with Crippen LogP contribution in [0.1, 0.15) is 32.4 Å². The highest BCUT2D eigenvalue weighted by Crippen LogP contribution is 2.27. The van der Waals surface area contributed by atoms with E-state index in [0.29, 0.717) is 19.8 Å². The molecule has 0 saturated carbocycles. The molecule has 1 amide bonds. The first-order chi connectivity index (χ1) is 9.37. The van der Waals surface area contributed by atoms with E-state index in [0.717, 1.165) is 10.0 Å². The van der Waals surface area contributed by atoms with Crippen molar-refractivity contribution in [1.82, 2.24) is 4.90 Å². The number of benzene rings is 1. The van der Waals surface area contributed by atoms with E-state index in [1.807, 2.05) is 45.0 Å². The third-order valence-electron chi connectivity index (χ3n) is 3.01. The molecular formula is C15H20BrNO3. The van der Waals surface area contributed by atoms with Crippen LogP contribution < -0.4 is 0 Å². The van der Waals surface area contributed by atoms with Crippen molar-refractivity contribution in [3.05, 3.63) is 34.3 Å². The number of carbonyl (C=O) groups excluding carboxylic acids is 1. The Kier molecular flexibility index (Phi) is 4.70. The number of morpholine rings is 1. The summed E-state index contributed by atoms with van der Waals surface area (Å²) in [6, 6.07) is 7.85. The first kappa shape index (κ1) is 15.3. The lowest BCUT2D eigenvalue weighted by Gasteiger charge is -2.36. The van der Waals surface area contributed by atoms with E-state index in [1.165, 1.54) is 0 Å². The average Bonchev–Trinajstić information content (AvgIpc) is 2.38. The molecule has 1 heterocycles. The molecule has 4 nitrogen and oxygen atoms in total. The summed E-state index contributed by atoms with van der Waals surface area (Å²) in [7, 11) is 0. The lowest BCUT2D eigenvalue weighted by atomic mass is 10.1. The number of amides is 1. The van der Waals surface area contributed by atoms with Crippen LogP contribution in [0.5, 0.6) is 0 Å². The predicted molar refractivity (Wildman–Crippen MR) is 80.6 cm³/mol. The van der Waals surface area contributed by atoms with E-state index in [-0.39, 0.29) is 12.1 Å². The standard InChI is InChI=1S/C15H20BrNO3/c1-15(2,3)20-14(18)17-8-9-19-10-13(17)11-4-6-12(16)7-5-11/h4-7,13H,8-10H2,1-3H3/t13-/m0/s1. The van der Waals surface area contributed by atoms with E-state index >= 15 is 0 Å². The van der Waals surface area contributed by atoms with Gasteiger partial charge in [0, 0.05) is 11.0 Å². The molecule has 20 heavy (non-hydrogen) atoms. The van der Waals surface area contributed by atoms with Gasteiger partial charge in [-0.3, -0.25) is 4.90 Å². The summed E-state index contributed by atoms with van der Waals surface area (Å²) in [5.74, 6) is 0. The summed E-state index contributed by atoms with van der Waals surface area (Å²) in [6.07, 6.45) is -0.284. The lowest BCUT2D eigenvalue weighted by Crippen LogP contribution is -2.45. The minimum absolute atomic E-state index is 0.0910. The number of halogens is 1. The summed E-state index contributed by atoms with van der Waals surface area (Å²) >= 11 is 3.42. The highest BCUT2D eigenvalue weighted by molar-refractivity contribution is 9.10. The molecule has 0 bridgehead atoms. The van der Waals surface area contributed by atoms with E-state index < -0.39 is 5.60 Å². The van der Waals surface area contributed by atoms with Crippen molar-refractivity contribution in [2.75, 3.05) is 19.8 Å². The Hall–Kier alpha value is -1.07. The number of hydrogen-bond donors (Lipinski definition) is 0. The summed E-state index contributed by atoms with van der Waals surface area (Å²) < 4.78 is 12.0. The topological polar surface area (TPSA) is 38.8 Å². The molecule has 1 fully saturated rings. The quantitative estimate of drug-likeness (QED) is 0.780. The van der Waals surface area contributed by atoms with Crippen molar-refractivity contribution in [2.24, 2.45) is 0 Å². The molecule has 0 spiro atoms. The van der Waals surface area contributed by atoms with Crippen LogP contribution in [0.2, 0.25) is 0 Å². The highest BCUT2D eigenvalue weighted by atomic mass is 79.9. The van der Waals surface area contributed by atoms with Crippen molar-refractivity contribution in [2.45, 2.75) is 32.4 Å². The Labute approximate surface area is 128 Å². The van der Waals surface area contributed by atoms with Gasteiger partial charge < -0.3 is 9.47 Å². The SMILES string of the molecule is CC(C)(C)OC(=O)N1CCOC[C@H]1c1ccc(Br)cc1. The highest BCUT2D eigenvalue weighted by Gasteiger charge is 2.31. The third-order valence-corrected chi connectivity index (χ3v) is 3.54. The van der Waals surface area contributed by atoms with Crippen molar-refractivity contribution < 1.29 is 14.3 Å². The molecule has 1 atom stereocenters. The minimum atomic E-state index is -0.486. The van der Waals surface area contributed by atoms with Crippen LogP contribution in [0.4, 0.5) is 4.79 Å². The average molecular weight is 342 g/mol. The largest absolute Gasteiger partial charge is 0.444 e. The lowest BCUT2D eigenvalue weighted by molar-refractivity contribution is -0.0331. The fourth-order valence-electron chi connectivity index (χ4n) is 2.10. The van der Waals surface area contributed by atoms with Gasteiger partial charge in [-0.05, 0) is 38.5 Å². The van der Waals surface area contributed by atoms with Gasteiger partial charge >= 0.3 is 6.09 Å². The van der Waals surface area contributed by atoms with Gasteiger partial charge in [0.25, 0.3) is 0 Å². The molecule has 1 saturated heterocycles. The van der Waals surface area contributed by atoms with Crippen LogP contribution in [-0.4, -0.2) is 36.4 Å². The van der Waals surface area contributed by atoms with Crippen LogP contribution in [0.15, 0.2) is 28.7 Å². The Bertz CT molecular complexity index is 467. The monoisotopic (exact) mass is 341 g/mol. The first-order valence-electron chi connectivity index (χ1n) is 6.70. The van der Waals surface area contributed by atoms with E-state index in [4.69, 9.17) is 9.47 Å². The van der Waals surface area contributed by atoms with Gasteiger partial charge in [-0.25, -0.2) is 4.79 Å². The maximum Gasteiger partial charge on any atom is 0.410 e. The molecule has 0 aliphatic carbocycles. The van der Waals surface area contributed by atoms with Crippen LogP contribution in [-0.2, 0) is 9.47 Å². The zero-order chi connectivity index (χ0) is 14.8. The predicted octanol–water partition coefficient (Wildman–Crippen LogP) is 3.76. The van der Waals surface area contributed by atoms with Crippen molar-refractivity contribution >= 4 is 22.0 Å². The molecule has 1 aromatic rings. The Balaban J connectivity index is 2.16. The number of carbonyl (C=O) groups is 1. The molecule has 1 aliphatic heterocycles. The zero-order valence-corrected chi connectivity index (χ0v) is 13.6. The van der Waals surface area contributed by atoms with Gasteiger partial charge in [-0.1, -0.05) is 28.1 Å². The molecule has 0 aromatic heterocycles. The summed E-state index contributed by atoms with van der Waals surface area (Å²) in [4.78, 5) is 14.1. The van der Waals surface area contributed by atoms with E-state index in [1.54, 1.807) is 4.90 Å². The van der Waals surface area contributed by atoms with Crippen molar-refractivity contribution in [1.29, 1.82) is 0 Å². The summed E-state index contributed by atoms with van der Waals surface area (Å²) in [5, 5.41) is 0. The van der Waals surface area contributed by atoms with Crippen molar-refractivity contribution in [3.8, 4) is 0 Å². The van der Waals surface area contributed by atoms with Gasteiger partial charge in [0.05, 0.1) is 19.3 Å². The van der Waals surface area contributed by atoms with Crippen LogP contribution in [0.3, 0.4) is 0 Å². The van der Waals surface area contributed by atoms with E-state index in [2.05, 4.69) is 15.9 Å². The molecule has 1 aliphatic rings. The molecule has 5 heteroatoms. The Morgan fingerprint density at radius 2 is 2.00 bits per heavy atom. The summed E-state index contributed by atoms with van der Waals surface area (Å²) in [5.41, 5.74) is 0.568. The van der Waals surface area contributed by atoms with Crippen LogP contribution >= 0.6 is 15.9 Å². The minimum Gasteiger partial charge on any atom is -0.444 e. The van der Waals surface area contributed by atoms with Gasteiger partial charge in [-0.15, -0.1) is 0 Å². The second-order valence-corrected chi connectivity index (χ2v) is 6.73. The fourth-order valence-corrected chi connectivity index (χ4v) is 2.37. The number of rotatable bonds is 1. The smallest absolute Gasteiger partial charge is 0.410 e. The molecule has 1 aromatic carbocycles. The van der Waals surface area contributed by atoms with E-state index in [9.17, 15) is 4.79 Å². The first-order valence-corrected chi connectivity index (χ1v) is 7.49. The second-order valence-electron chi connectivity index (χ2n) is 5.82. The maximum absolute atomic E-state index is 12.3. The van der Waals surface area contributed by atoms with Crippen LogP contribution in [0, 0.1) is 0 Å². The number of nitrogens with zero attached hydrogens (tertiary/aromatic N) is 1.